The molecule has 7 heteroatoms. The molecule has 0 aliphatic carbocycles. The fourth-order valence-corrected chi connectivity index (χ4v) is 5.19. The first kappa shape index (κ1) is 23.4. The number of benzene rings is 2. The number of ether oxygens (including phenoxy) is 1. The summed E-state index contributed by atoms with van der Waals surface area (Å²) in [6.45, 7) is 8.09. The molecule has 0 amide bonds. The first-order chi connectivity index (χ1) is 15.8. The van der Waals surface area contributed by atoms with Crippen LogP contribution in [0.4, 0.5) is 0 Å². The van der Waals surface area contributed by atoms with E-state index in [-0.39, 0.29) is 12.2 Å². The summed E-state index contributed by atoms with van der Waals surface area (Å²) < 4.78 is 8.52. The van der Waals surface area contributed by atoms with Crippen LogP contribution < -0.4 is 14.9 Å². The van der Waals surface area contributed by atoms with Gasteiger partial charge in [-0.15, -0.1) is 0 Å². The summed E-state index contributed by atoms with van der Waals surface area (Å²) in [6, 6.07) is 15.3. The van der Waals surface area contributed by atoms with E-state index in [4.69, 9.17) is 4.74 Å². The second-order valence-corrected chi connectivity index (χ2v) is 10.1. The monoisotopic (exact) mass is 524 g/mol. The third-order valence-corrected chi connectivity index (χ3v) is 7.12. The zero-order valence-electron chi connectivity index (χ0n) is 19.0. The molecule has 33 heavy (non-hydrogen) atoms. The topological polar surface area (TPSA) is 60.7 Å². The third kappa shape index (κ3) is 4.66. The van der Waals surface area contributed by atoms with Gasteiger partial charge in [-0.25, -0.2) is 9.79 Å². The Morgan fingerprint density at radius 2 is 1.85 bits per heavy atom. The zero-order valence-corrected chi connectivity index (χ0v) is 21.4. The van der Waals surface area contributed by atoms with Gasteiger partial charge in [-0.2, -0.15) is 0 Å². The minimum atomic E-state index is -0.589. The van der Waals surface area contributed by atoms with Crippen LogP contribution in [0.1, 0.15) is 56.3 Å². The second kappa shape index (κ2) is 9.61. The molecule has 3 aromatic rings. The molecule has 0 spiro atoms. The Kier molecular flexibility index (Phi) is 6.81. The van der Waals surface area contributed by atoms with Crippen molar-refractivity contribution < 1.29 is 9.53 Å². The highest BCUT2D eigenvalue weighted by molar-refractivity contribution is 9.10. The summed E-state index contributed by atoms with van der Waals surface area (Å²) in [5.41, 5.74) is 3.77. The fourth-order valence-electron chi connectivity index (χ4n) is 3.88. The molecule has 5 nitrogen and oxygen atoms in total. The van der Waals surface area contributed by atoms with Crippen LogP contribution in [-0.4, -0.2) is 17.1 Å². The van der Waals surface area contributed by atoms with Crippen LogP contribution in [-0.2, 0) is 9.53 Å². The van der Waals surface area contributed by atoms with Crippen LogP contribution >= 0.6 is 27.3 Å². The molecular formula is C26H25BrN2O3S. The van der Waals surface area contributed by atoms with E-state index < -0.39 is 12.0 Å². The Bertz CT molecular complexity index is 1400. The lowest BCUT2D eigenvalue weighted by molar-refractivity contribution is -0.139. The lowest BCUT2D eigenvalue weighted by Gasteiger charge is -2.25. The van der Waals surface area contributed by atoms with Crippen LogP contribution in [0.25, 0.3) is 6.08 Å². The molecule has 0 N–H and O–H groups in total. The van der Waals surface area contributed by atoms with Crippen molar-refractivity contribution in [1.29, 1.82) is 0 Å². The number of aromatic nitrogens is 1. The Hall–Kier alpha value is -2.77. The molecule has 0 unspecified atom stereocenters. The average molecular weight is 525 g/mol. The molecular weight excluding hydrogens is 500 g/mol. The molecule has 1 aliphatic heterocycles. The fraction of sp³-hybridized carbons (Fsp3) is 0.269. The van der Waals surface area contributed by atoms with Crippen LogP contribution in [0.2, 0.25) is 0 Å². The van der Waals surface area contributed by atoms with Gasteiger partial charge in [-0.3, -0.25) is 9.36 Å². The minimum absolute atomic E-state index is 0.172. The molecule has 0 saturated carbocycles. The number of rotatable bonds is 5. The molecule has 0 fully saturated rings. The van der Waals surface area contributed by atoms with Gasteiger partial charge in [0.15, 0.2) is 4.80 Å². The summed E-state index contributed by atoms with van der Waals surface area (Å²) in [5.74, 6) is -0.0624. The number of carbonyl (C=O) groups is 1. The van der Waals surface area contributed by atoms with E-state index in [1.54, 1.807) is 18.4 Å². The van der Waals surface area contributed by atoms with Crippen LogP contribution in [0, 0.1) is 0 Å². The van der Waals surface area contributed by atoms with Crippen molar-refractivity contribution in [2.75, 3.05) is 6.61 Å². The van der Waals surface area contributed by atoms with E-state index in [1.807, 2.05) is 42.5 Å². The average Bonchev–Trinajstić information content (AvgIpc) is 3.09. The number of halogens is 1. The Morgan fingerprint density at radius 1 is 1.18 bits per heavy atom. The Labute approximate surface area is 204 Å². The molecule has 2 heterocycles. The SMILES string of the molecule is CCOC(=O)C1=C(C)N=c2s/c(=C\c3ccc(Br)cc3)c(=O)n2[C@H]1c1ccc(C(C)C)cc1. The molecule has 2 aromatic carbocycles. The van der Waals surface area contributed by atoms with Gasteiger partial charge in [0.1, 0.15) is 0 Å². The first-order valence-corrected chi connectivity index (χ1v) is 12.5. The molecule has 1 atom stereocenters. The van der Waals surface area contributed by atoms with E-state index in [9.17, 15) is 9.59 Å². The molecule has 4 rings (SSSR count). The summed E-state index contributed by atoms with van der Waals surface area (Å²) in [7, 11) is 0. The largest absolute Gasteiger partial charge is 0.463 e. The van der Waals surface area contributed by atoms with E-state index in [0.29, 0.717) is 26.5 Å². The number of thiazole rings is 1. The van der Waals surface area contributed by atoms with Crippen LogP contribution in [0.15, 0.2) is 74.1 Å². The number of hydrogen-bond acceptors (Lipinski definition) is 5. The van der Waals surface area contributed by atoms with Crippen molar-refractivity contribution in [2.24, 2.45) is 4.99 Å². The summed E-state index contributed by atoms with van der Waals surface area (Å²) in [6.07, 6.45) is 1.86. The summed E-state index contributed by atoms with van der Waals surface area (Å²) in [4.78, 5) is 31.7. The van der Waals surface area contributed by atoms with Gasteiger partial charge in [0.05, 0.1) is 28.5 Å². The van der Waals surface area contributed by atoms with Gasteiger partial charge < -0.3 is 4.74 Å². The van der Waals surface area contributed by atoms with Gasteiger partial charge in [-0.05, 0) is 54.7 Å². The Morgan fingerprint density at radius 3 is 2.45 bits per heavy atom. The maximum atomic E-state index is 13.6. The lowest BCUT2D eigenvalue weighted by atomic mass is 9.93. The van der Waals surface area contributed by atoms with Crippen LogP contribution in [0.3, 0.4) is 0 Å². The number of nitrogens with zero attached hydrogens (tertiary/aromatic N) is 2. The maximum absolute atomic E-state index is 13.6. The maximum Gasteiger partial charge on any atom is 0.338 e. The smallest absolute Gasteiger partial charge is 0.338 e. The van der Waals surface area contributed by atoms with E-state index >= 15 is 0 Å². The minimum Gasteiger partial charge on any atom is -0.463 e. The highest BCUT2D eigenvalue weighted by atomic mass is 79.9. The van der Waals surface area contributed by atoms with Crippen molar-refractivity contribution in [1.82, 2.24) is 4.57 Å². The molecule has 0 saturated heterocycles. The van der Waals surface area contributed by atoms with Gasteiger partial charge in [0.25, 0.3) is 5.56 Å². The van der Waals surface area contributed by atoms with Crippen molar-refractivity contribution in [3.05, 3.63) is 101 Å². The number of esters is 1. The van der Waals surface area contributed by atoms with E-state index in [0.717, 1.165) is 15.6 Å². The number of fused-ring (bicyclic) bond motifs is 1. The second-order valence-electron chi connectivity index (χ2n) is 8.18. The highest BCUT2D eigenvalue weighted by Crippen LogP contribution is 2.31. The summed E-state index contributed by atoms with van der Waals surface area (Å²) >= 11 is 4.77. The predicted molar refractivity (Wildman–Crippen MR) is 135 cm³/mol. The molecule has 1 aromatic heterocycles. The van der Waals surface area contributed by atoms with Gasteiger partial charge >= 0.3 is 5.97 Å². The van der Waals surface area contributed by atoms with Crippen molar-refractivity contribution in [3.63, 3.8) is 0 Å². The highest BCUT2D eigenvalue weighted by Gasteiger charge is 2.33. The summed E-state index contributed by atoms with van der Waals surface area (Å²) in [5, 5.41) is 0. The van der Waals surface area contributed by atoms with Crippen molar-refractivity contribution in [3.8, 4) is 0 Å². The predicted octanol–water partition coefficient (Wildman–Crippen LogP) is 4.68. The van der Waals surface area contributed by atoms with Crippen molar-refractivity contribution >= 4 is 39.3 Å². The third-order valence-electron chi connectivity index (χ3n) is 5.60. The number of carbonyl (C=O) groups excluding carboxylic acids is 1. The molecule has 170 valence electrons. The van der Waals surface area contributed by atoms with E-state index in [2.05, 4.69) is 46.9 Å². The van der Waals surface area contributed by atoms with Crippen LogP contribution in [0.5, 0.6) is 0 Å². The number of allylic oxidation sites excluding steroid dienone is 1. The normalized spacial score (nSPS) is 16.1. The van der Waals surface area contributed by atoms with Gasteiger partial charge in [-0.1, -0.05) is 77.5 Å². The van der Waals surface area contributed by atoms with Gasteiger partial charge in [0.2, 0.25) is 0 Å². The zero-order chi connectivity index (χ0) is 23.7. The van der Waals surface area contributed by atoms with Gasteiger partial charge in [0, 0.05) is 4.47 Å². The van der Waals surface area contributed by atoms with Crippen molar-refractivity contribution in [2.45, 2.75) is 39.7 Å². The Balaban J connectivity index is 1.92. The molecule has 0 radical (unpaired) electrons. The first-order valence-electron chi connectivity index (χ1n) is 10.8. The van der Waals surface area contributed by atoms with E-state index in [1.165, 1.54) is 16.9 Å². The quantitative estimate of drug-likeness (QED) is 0.455. The number of hydrogen-bond donors (Lipinski definition) is 0. The molecule has 0 bridgehead atoms. The standard InChI is InChI=1S/C26H25BrN2O3S/c1-5-32-25(31)22-16(4)28-26-29(23(22)19-10-8-18(9-11-19)15(2)3)24(30)21(33-26)14-17-6-12-20(27)13-7-17/h6-15,23H,5H2,1-4H3/b21-14-/t23-/m0/s1. The lowest BCUT2D eigenvalue weighted by Crippen LogP contribution is -2.39. The molecule has 1 aliphatic rings.